The summed E-state index contributed by atoms with van der Waals surface area (Å²) in [5.74, 6) is 1.19. The molecule has 2 aliphatic rings. The summed E-state index contributed by atoms with van der Waals surface area (Å²) in [5.41, 5.74) is 12.8. The number of rotatable bonds is 10. The number of amidine groups is 1. The van der Waals surface area contributed by atoms with Crippen LogP contribution in [0.15, 0.2) is 35.2 Å². The molecule has 1 heterocycles. The molecular weight excluding hydrogens is 460 g/mol. The molecule has 1 aliphatic heterocycles. The van der Waals surface area contributed by atoms with E-state index in [4.69, 9.17) is 21.6 Å². The molecule has 11 heteroatoms. The topological polar surface area (TPSA) is 180 Å². The van der Waals surface area contributed by atoms with E-state index >= 15 is 0 Å². The molecule has 1 aromatic carbocycles. The SMILES string of the molecule is CC(=O)/N=C1/Nc2c(CCCN)cccc2O/C1=C/N[C@H]1CC[C@H](C(=O)NCCCNC(=N)N)CC1. The number of ether oxygens (including phenoxy) is 1. The number of anilines is 1. The first-order chi connectivity index (χ1) is 17.4. The normalized spacial score (nSPS) is 21.2. The molecule has 3 rings (SSSR count). The molecule has 0 unspecified atom stereocenters. The number of para-hydroxylation sites is 1. The predicted octanol–water partition coefficient (Wildman–Crippen LogP) is 1.31. The van der Waals surface area contributed by atoms with Crippen molar-refractivity contribution in [1.82, 2.24) is 16.0 Å². The van der Waals surface area contributed by atoms with Gasteiger partial charge in [0.1, 0.15) is 0 Å². The van der Waals surface area contributed by atoms with E-state index in [0.29, 0.717) is 43.4 Å². The van der Waals surface area contributed by atoms with E-state index in [-0.39, 0.29) is 29.7 Å². The number of aryl methyl sites for hydroxylation is 1. The first kappa shape index (κ1) is 27.0. The zero-order valence-corrected chi connectivity index (χ0v) is 20.9. The second-order valence-electron chi connectivity index (χ2n) is 9.10. The number of hydrogen-bond acceptors (Lipinski definition) is 6. The van der Waals surface area contributed by atoms with Crippen molar-refractivity contribution in [2.75, 3.05) is 25.0 Å². The minimum atomic E-state index is -0.321. The van der Waals surface area contributed by atoms with Crippen LogP contribution in [-0.2, 0) is 16.0 Å². The van der Waals surface area contributed by atoms with Gasteiger partial charge in [0.05, 0.1) is 5.69 Å². The van der Waals surface area contributed by atoms with E-state index in [1.807, 2.05) is 18.2 Å². The van der Waals surface area contributed by atoms with Gasteiger partial charge >= 0.3 is 0 Å². The van der Waals surface area contributed by atoms with Gasteiger partial charge in [0.15, 0.2) is 23.3 Å². The number of carbonyl (C=O) groups is 2. The molecule has 9 N–H and O–H groups in total. The number of nitrogens with one attached hydrogen (secondary N) is 5. The first-order valence-corrected chi connectivity index (χ1v) is 12.6. The van der Waals surface area contributed by atoms with Crippen LogP contribution in [0.4, 0.5) is 5.69 Å². The zero-order valence-electron chi connectivity index (χ0n) is 20.9. The maximum Gasteiger partial charge on any atom is 0.244 e. The lowest BCUT2D eigenvalue weighted by atomic mass is 9.85. The molecule has 0 saturated heterocycles. The van der Waals surface area contributed by atoms with Crippen molar-refractivity contribution in [3.05, 3.63) is 35.7 Å². The van der Waals surface area contributed by atoms with Crippen LogP contribution in [0.25, 0.3) is 0 Å². The summed E-state index contributed by atoms with van der Waals surface area (Å²) in [5, 5.41) is 19.5. The highest BCUT2D eigenvalue weighted by molar-refractivity contribution is 6.13. The fourth-order valence-corrected chi connectivity index (χ4v) is 4.37. The average molecular weight is 499 g/mol. The van der Waals surface area contributed by atoms with E-state index in [9.17, 15) is 9.59 Å². The third kappa shape index (κ3) is 7.98. The monoisotopic (exact) mass is 498 g/mol. The summed E-state index contributed by atoms with van der Waals surface area (Å²) < 4.78 is 6.13. The number of nitrogens with two attached hydrogens (primary N) is 2. The Morgan fingerprint density at radius 3 is 2.64 bits per heavy atom. The third-order valence-electron chi connectivity index (χ3n) is 6.25. The number of amides is 2. The first-order valence-electron chi connectivity index (χ1n) is 12.6. The van der Waals surface area contributed by atoms with Gasteiger partial charge in [-0.3, -0.25) is 15.0 Å². The van der Waals surface area contributed by atoms with Crippen molar-refractivity contribution < 1.29 is 14.3 Å². The highest BCUT2D eigenvalue weighted by atomic mass is 16.5. The van der Waals surface area contributed by atoms with E-state index < -0.39 is 0 Å². The number of carbonyl (C=O) groups excluding carboxylic acids is 2. The summed E-state index contributed by atoms with van der Waals surface area (Å²) in [6.07, 6.45) is 7.40. The van der Waals surface area contributed by atoms with Crippen LogP contribution in [-0.4, -0.2) is 49.3 Å². The lowest BCUT2D eigenvalue weighted by molar-refractivity contribution is -0.126. The molecular formula is C25H38N8O3. The van der Waals surface area contributed by atoms with Gasteiger partial charge in [-0.15, -0.1) is 0 Å². The van der Waals surface area contributed by atoms with Gasteiger partial charge in [-0.25, -0.2) is 0 Å². The van der Waals surface area contributed by atoms with Crippen LogP contribution >= 0.6 is 0 Å². The van der Waals surface area contributed by atoms with Gasteiger partial charge in [0.2, 0.25) is 11.8 Å². The Hall–Kier alpha value is -3.60. The standard InChI is InChI=1S/C25H38N8O3/c1-16(34)32-23-21(36-20-7-2-5-17(6-3-12-26)22(20)33-23)15-31-19-10-8-18(9-11-19)24(35)29-13-4-14-30-25(27)28/h2,5,7,15,18-19,31H,3-4,6,8-14,26H2,1H3,(H,29,35)(H4,27,28,30)(H,32,33,34)/b21-15+/t18-,19-. The molecule has 1 fully saturated rings. The summed E-state index contributed by atoms with van der Waals surface area (Å²) in [6, 6.07) is 6.03. The predicted molar refractivity (Wildman–Crippen MR) is 141 cm³/mol. The Morgan fingerprint density at radius 2 is 1.94 bits per heavy atom. The summed E-state index contributed by atoms with van der Waals surface area (Å²) >= 11 is 0. The number of hydrogen-bond donors (Lipinski definition) is 7. The van der Waals surface area contributed by atoms with E-state index in [0.717, 1.165) is 49.8 Å². The third-order valence-corrected chi connectivity index (χ3v) is 6.25. The molecule has 1 saturated carbocycles. The minimum Gasteiger partial charge on any atom is -0.450 e. The number of fused-ring (bicyclic) bond motifs is 1. The summed E-state index contributed by atoms with van der Waals surface area (Å²) in [4.78, 5) is 28.3. The van der Waals surface area contributed by atoms with Crippen LogP contribution in [0.3, 0.4) is 0 Å². The van der Waals surface area contributed by atoms with Crippen LogP contribution in [0.2, 0.25) is 0 Å². The second kappa shape index (κ2) is 13.5. The highest BCUT2D eigenvalue weighted by Gasteiger charge is 2.27. The van der Waals surface area contributed by atoms with Crippen LogP contribution in [0, 0.1) is 11.3 Å². The molecule has 0 radical (unpaired) electrons. The van der Waals surface area contributed by atoms with Gasteiger partial charge < -0.3 is 37.5 Å². The van der Waals surface area contributed by atoms with Gasteiger partial charge in [0.25, 0.3) is 0 Å². The van der Waals surface area contributed by atoms with Crippen molar-refractivity contribution in [3.63, 3.8) is 0 Å². The van der Waals surface area contributed by atoms with E-state index in [1.165, 1.54) is 6.92 Å². The maximum atomic E-state index is 12.4. The van der Waals surface area contributed by atoms with Crippen molar-refractivity contribution in [3.8, 4) is 5.75 Å². The molecule has 0 atom stereocenters. The Balaban J connectivity index is 1.55. The Labute approximate surface area is 212 Å². The lowest BCUT2D eigenvalue weighted by Crippen LogP contribution is -2.39. The number of nitrogens with zero attached hydrogens (tertiary/aromatic N) is 1. The zero-order chi connectivity index (χ0) is 25.9. The summed E-state index contributed by atoms with van der Waals surface area (Å²) in [6.45, 7) is 3.12. The molecule has 0 spiro atoms. The second-order valence-corrected chi connectivity index (χ2v) is 9.10. The highest BCUT2D eigenvalue weighted by Crippen LogP contribution is 2.35. The quantitative estimate of drug-likeness (QED) is 0.143. The van der Waals surface area contributed by atoms with Gasteiger partial charge in [-0.2, -0.15) is 4.99 Å². The Kier molecular flexibility index (Phi) is 10.1. The molecule has 36 heavy (non-hydrogen) atoms. The lowest BCUT2D eigenvalue weighted by Gasteiger charge is -2.29. The van der Waals surface area contributed by atoms with Crippen molar-refractivity contribution >= 4 is 29.3 Å². The Bertz CT molecular complexity index is 999. The molecule has 0 aromatic heterocycles. The molecule has 1 aromatic rings. The molecule has 11 nitrogen and oxygen atoms in total. The molecule has 1 aliphatic carbocycles. The van der Waals surface area contributed by atoms with Crippen LogP contribution < -0.4 is 37.5 Å². The molecule has 2 amide bonds. The summed E-state index contributed by atoms with van der Waals surface area (Å²) in [7, 11) is 0. The molecule has 0 bridgehead atoms. The number of benzene rings is 1. The van der Waals surface area contributed by atoms with Gasteiger partial charge in [-0.1, -0.05) is 12.1 Å². The minimum absolute atomic E-state index is 0.00211. The van der Waals surface area contributed by atoms with Crippen molar-refractivity contribution in [1.29, 1.82) is 5.41 Å². The molecule has 196 valence electrons. The van der Waals surface area contributed by atoms with Crippen LogP contribution in [0.1, 0.15) is 51.0 Å². The van der Waals surface area contributed by atoms with E-state index in [2.05, 4.69) is 26.3 Å². The fourth-order valence-electron chi connectivity index (χ4n) is 4.37. The van der Waals surface area contributed by atoms with E-state index in [1.54, 1.807) is 6.20 Å². The average Bonchev–Trinajstić information content (AvgIpc) is 2.85. The van der Waals surface area contributed by atoms with Gasteiger partial charge in [0, 0.05) is 38.2 Å². The van der Waals surface area contributed by atoms with Crippen molar-refractivity contribution in [2.45, 2.75) is 57.9 Å². The Morgan fingerprint density at radius 1 is 1.19 bits per heavy atom. The fraction of sp³-hybridized carbons (Fsp3) is 0.520. The smallest absolute Gasteiger partial charge is 0.244 e. The van der Waals surface area contributed by atoms with Crippen molar-refractivity contribution in [2.24, 2.45) is 22.4 Å². The number of guanidine groups is 1. The van der Waals surface area contributed by atoms with Crippen LogP contribution in [0.5, 0.6) is 5.75 Å². The number of aliphatic imine (C=N–C) groups is 1. The largest absolute Gasteiger partial charge is 0.450 e. The maximum absolute atomic E-state index is 12.4. The van der Waals surface area contributed by atoms with Gasteiger partial charge in [-0.05, 0) is 63.1 Å².